The van der Waals surface area contributed by atoms with Gasteiger partial charge in [-0.1, -0.05) is 41.5 Å². The number of allylic oxidation sites excluding steroid dienone is 4. The van der Waals surface area contributed by atoms with Gasteiger partial charge in [-0.05, 0) is 74.2 Å². The van der Waals surface area contributed by atoms with Crippen molar-refractivity contribution in [1.82, 2.24) is 14.8 Å². The number of ether oxygens (including phenoxy) is 1. The second kappa shape index (κ2) is 13.3. The maximum atomic E-state index is 10.5. The molecule has 0 amide bonds. The van der Waals surface area contributed by atoms with E-state index in [4.69, 9.17) is 22.1 Å². The Morgan fingerprint density at radius 3 is 2.36 bits per heavy atom. The molecule has 2 rings (SSSR count). The third-order valence-electron chi connectivity index (χ3n) is 5.86. The van der Waals surface area contributed by atoms with Gasteiger partial charge in [-0.15, -0.1) is 0 Å². The maximum Gasteiger partial charge on any atom is 0.200 e. The third-order valence-corrected chi connectivity index (χ3v) is 6.14. The molecule has 7 nitrogen and oxygen atoms in total. The number of aliphatic hydroxyl groups is 2. The normalized spacial score (nSPS) is 12.9. The Kier molecular flexibility index (Phi) is 11.5. The highest BCUT2D eigenvalue weighted by Crippen LogP contribution is 2.38. The Balaban J connectivity index is 0.00000316. The van der Waals surface area contributed by atoms with Crippen molar-refractivity contribution in [2.45, 2.75) is 74.8 Å². The number of aliphatic hydroxyl groups excluding tert-OH is 2. The summed E-state index contributed by atoms with van der Waals surface area (Å²) >= 11 is 5.65. The lowest BCUT2D eigenvalue weighted by Gasteiger charge is -2.29. The van der Waals surface area contributed by atoms with Gasteiger partial charge in [0.15, 0.2) is 10.6 Å². The molecule has 36 heavy (non-hydrogen) atoms. The average molecular weight is 517 g/mol. The van der Waals surface area contributed by atoms with Crippen molar-refractivity contribution in [3.05, 3.63) is 58.0 Å². The molecule has 0 bridgehead atoms. The molecule has 0 fully saturated rings. The topological polar surface area (TPSA) is 86.5 Å². The lowest BCUT2D eigenvalue weighted by Crippen LogP contribution is -2.27. The number of H-pyrrole nitrogens is 1. The van der Waals surface area contributed by atoms with Crippen LogP contribution in [-0.2, 0) is 6.42 Å². The molecule has 8 heteroatoms. The van der Waals surface area contributed by atoms with Gasteiger partial charge in [0.05, 0.1) is 24.7 Å². The summed E-state index contributed by atoms with van der Waals surface area (Å²) in [6.07, 6.45) is 4.75. The zero-order valence-corrected chi connectivity index (χ0v) is 24.5. The number of aromatic amines is 1. The molecule has 0 saturated carbocycles. The van der Waals surface area contributed by atoms with Crippen LogP contribution in [0, 0.1) is 10.2 Å². The van der Waals surface area contributed by atoms with Crippen LogP contribution < -0.4 is 9.64 Å². The first-order valence-electron chi connectivity index (χ1n) is 12.4. The predicted octanol–water partition coefficient (Wildman–Crippen LogP) is 7.70. The van der Waals surface area contributed by atoms with E-state index in [1.54, 1.807) is 7.11 Å². The molecule has 0 aliphatic rings. The molecule has 0 aliphatic carbocycles. The smallest absolute Gasteiger partial charge is 0.200 e. The van der Waals surface area contributed by atoms with E-state index in [9.17, 15) is 5.11 Å². The summed E-state index contributed by atoms with van der Waals surface area (Å²) in [5, 5.41) is 27.2. The van der Waals surface area contributed by atoms with Crippen LogP contribution in [0.5, 0.6) is 5.75 Å². The quantitative estimate of drug-likeness (QED) is 0.189. The van der Waals surface area contributed by atoms with Gasteiger partial charge in [0, 0.05) is 24.7 Å². The summed E-state index contributed by atoms with van der Waals surface area (Å²) in [5.41, 5.74) is 4.15. The molecule has 0 saturated heterocycles. The van der Waals surface area contributed by atoms with Gasteiger partial charge < -0.3 is 19.8 Å². The Morgan fingerprint density at radius 2 is 1.89 bits per heavy atom. The van der Waals surface area contributed by atoms with E-state index in [1.807, 2.05) is 64.3 Å². The number of aromatic nitrogens is 3. The Labute approximate surface area is 221 Å². The van der Waals surface area contributed by atoms with E-state index in [0.29, 0.717) is 16.2 Å². The molecule has 0 spiro atoms. The van der Waals surface area contributed by atoms with Crippen LogP contribution in [0.2, 0.25) is 0 Å². The van der Waals surface area contributed by atoms with E-state index in [-0.39, 0.29) is 17.2 Å². The summed E-state index contributed by atoms with van der Waals surface area (Å²) in [6, 6.07) is 4.23. The molecule has 200 valence electrons. The maximum absolute atomic E-state index is 10.5. The second-order valence-electron chi connectivity index (χ2n) is 9.55. The minimum absolute atomic E-state index is 0.00503. The molecule has 3 N–H and O–H groups in total. The van der Waals surface area contributed by atoms with Gasteiger partial charge in [0.25, 0.3) is 0 Å². The highest BCUT2D eigenvalue weighted by molar-refractivity contribution is 7.71. The minimum atomic E-state index is -0.370. The fourth-order valence-electron chi connectivity index (χ4n) is 3.87. The van der Waals surface area contributed by atoms with Crippen LogP contribution in [0.25, 0.3) is 11.3 Å². The Hall–Kier alpha value is -3.00. The number of hydrogen-bond acceptors (Lipinski definition) is 6. The standard InChI is InChI=1S/C26H38N4O3S.C2H6/c1-10-18-20(11-12-22(33-9)23(18)29(8)16(2)3)30-24(27-28-25(30)34)17(4)15-19(26(5,6)7)21(32)13-14-31;1-2/h11-16,31-32H,10H2,1-9H3,(H,28,34);1-2H3/b14-13+,17-15+,21-19-;. The molecular formula is C28H44N4O3S. The summed E-state index contributed by atoms with van der Waals surface area (Å²) < 4.78 is 8.11. The molecule has 1 aromatic heterocycles. The van der Waals surface area contributed by atoms with E-state index in [1.165, 1.54) is 6.08 Å². The van der Waals surface area contributed by atoms with Gasteiger partial charge >= 0.3 is 0 Å². The van der Waals surface area contributed by atoms with Crippen molar-refractivity contribution in [2.75, 3.05) is 19.1 Å². The summed E-state index contributed by atoms with van der Waals surface area (Å²) in [4.78, 5) is 2.20. The molecular weight excluding hydrogens is 472 g/mol. The van der Waals surface area contributed by atoms with Gasteiger partial charge in [-0.25, -0.2) is 0 Å². The van der Waals surface area contributed by atoms with Crippen molar-refractivity contribution < 1.29 is 14.9 Å². The van der Waals surface area contributed by atoms with Gasteiger partial charge in [-0.2, -0.15) is 5.10 Å². The van der Waals surface area contributed by atoms with Crippen LogP contribution in [0.4, 0.5) is 5.69 Å². The fourth-order valence-corrected chi connectivity index (χ4v) is 4.10. The molecule has 0 radical (unpaired) electrons. The lowest BCUT2D eigenvalue weighted by molar-refractivity contribution is 0.391. The molecule has 0 aliphatic heterocycles. The Morgan fingerprint density at radius 1 is 1.28 bits per heavy atom. The average Bonchev–Trinajstić information content (AvgIpc) is 3.22. The molecule has 0 atom stereocenters. The molecule has 2 aromatic rings. The van der Waals surface area contributed by atoms with E-state index in [2.05, 4.69) is 42.9 Å². The molecule has 1 heterocycles. The SMILES string of the molecule is CC.CCc1c(-n2c(/C(C)=C/C(=C(O)\C=C\O)C(C)(C)C)n[nH]c2=S)ccc(OC)c1N(C)C(C)C. The number of anilines is 1. The summed E-state index contributed by atoms with van der Waals surface area (Å²) in [6.45, 7) is 18.3. The predicted molar refractivity (Wildman–Crippen MR) is 154 cm³/mol. The number of methoxy groups -OCH3 is 1. The third kappa shape index (κ3) is 6.81. The monoisotopic (exact) mass is 516 g/mol. The first-order valence-corrected chi connectivity index (χ1v) is 12.8. The number of benzene rings is 1. The summed E-state index contributed by atoms with van der Waals surface area (Å²) in [7, 11) is 3.74. The highest BCUT2D eigenvalue weighted by Gasteiger charge is 2.23. The zero-order valence-electron chi connectivity index (χ0n) is 23.7. The minimum Gasteiger partial charge on any atom is -0.515 e. The van der Waals surface area contributed by atoms with Gasteiger partial charge in [0.1, 0.15) is 11.5 Å². The lowest BCUT2D eigenvalue weighted by atomic mass is 9.84. The second-order valence-corrected chi connectivity index (χ2v) is 9.94. The molecule has 0 unspecified atom stereocenters. The highest BCUT2D eigenvalue weighted by atomic mass is 32.1. The number of nitrogens with zero attached hydrogens (tertiary/aromatic N) is 3. The van der Waals surface area contributed by atoms with E-state index < -0.39 is 0 Å². The summed E-state index contributed by atoms with van der Waals surface area (Å²) in [5.74, 6) is 1.44. The van der Waals surface area contributed by atoms with E-state index in [0.717, 1.165) is 40.9 Å². The number of rotatable bonds is 8. The first kappa shape index (κ1) is 31.0. The largest absolute Gasteiger partial charge is 0.515 e. The van der Waals surface area contributed by atoms with Crippen molar-refractivity contribution >= 4 is 23.5 Å². The van der Waals surface area contributed by atoms with Crippen LogP contribution >= 0.6 is 12.2 Å². The van der Waals surface area contributed by atoms with Crippen LogP contribution in [-0.4, -0.2) is 45.2 Å². The van der Waals surface area contributed by atoms with Crippen molar-refractivity contribution in [3.63, 3.8) is 0 Å². The van der Waals surface area contributed by atoms with Crippen molar-refractivity contribution in [1.29, 1.82) is 0 Å². The van der Waals surface area contributed by atoms with Crippen molar-refractivity contribution in [3.8, 4) is 11.4 Å². The number of hydrogen-bond donors (Lipinski definition) is 3. The van der Waals surface area contributed by atoms with Crippen LogP contribution in [0.1, 0.15) is 73.7 Å². The zero-order chi connectivity index (χ0) is 27.8. The first-order chi connectivity index (χ1) is 16.9. The van der Waals surface area contributed by atoms with Crippen LogP contribution in [0.15, 0.2) is 41.9 Å². The van der Waals surface area contributed by atoms with E-state index >= 15 is 0 Å². The Bertz CT molecular complexity index is 1160. The van der Waals surface area contributed by atoms with Crippen molar-refractivity contribution in [2.24, 2.45) is 5.41 Å². The van der Waals surface area contributed by atoms with Crippen LogP contribution in [0.3, 0.4) is 0 Å². The molecule has 1 aromatic carbocycles. The van der Waals surface area contributed by atoms with Gasteiger partial charge in [-0.3, -0.25) is 9.67 Å². The fraction of sp³-hybridized carbons (Fsp3) is 0.500. The van der Waals surface area contributed by atoms with Gasteiger partial charge in [0.2, 0.25) is 0 Å². The number of nitrogens with one attached hydrogen (secondary N) is 1.